The van der Waals surface area contributed by atoms with E-state index in [0.29, 0.717) is 26.1 Å². The molecule has 2 aliphatic rings. The molecule has 19 heavy (non-hydrogen) atoms. The van der Waals surface area contributed by atoms with Crippen molar-refractivity contribution in [2.24, 2.45) is 0 Å². The van der Waals surface area contributed by atoms with Crippen molar-refractivity contribution in [2.75, 3.05) is 19.8 Å². The van der Waals surface area contributed by atoms with Crippen LogP contribution in [0.3, 0.4) is 0 Å². The molecule has 0 aliphatic carbocycles. The van der Waals surface area contributed by atoms with Gasteiger partial charge in [-0.15, -0.1) is 0 Å². The van der Waals surface area contributed by atoms with Gasteiger partial charge in [0.15, 0.2) is 0 Å². The molecule has 0 bridgehead atoms. The summed E-state index contributed by atoms with van der Waals surface area (Å²) in [6.07, 6.45) is 0.787. The topological polar surface area (TPSA) is 92.8 Å². The maximum absolute atomic E-state index is 12.6. The van der Waals surface area contributed by atoms with Crippen molar-refractivity contribution >= 4 is 21.8 Å². The third-order valence-electron chi connectivity index (χ3n) is 3.62. The van der Waals surface area contributed by atoms with Crippen molar-refractivity contribution in [1.29, 1.82) is 0 Å². The molecule has 8 heteroatoms. The average Bonchev–Trinajstić information content (AvgIpc) is 2.35. The van der Waals surface area contributed by atoms with Crippen LogP contribution in [0.2, 0.25) is 0 Å². The summed E-state index contributed by atoms with van der Waals surface area (Å²) in [5.41, 5.74) is -1.24. The highest BCUT2D eigenvalue weighted by Gasteiger charge is 2.49. The Hall–Kier alpha value is -0.990. The highest BCUT2D eigenvalue weighted by Crippen LogP contribution is 2.28. The molecule has 2 amide bonds. The highest BCUT2D eigenvalue weighted by atomic mass is 32.2. The predicted octanol–water partition coefficient (Wildman–Crippen LogP) is -0.768. The summed E-state index contributed by atoms with van der Waals surface area (Å²) in [4.78, 5) is 23.2. The zero-order valence-electron chi connectivity index (χ0n) is 11.0. The van der Waals surface area contributed by atoms with Crippen molar-refractivity contribution in [1.82, 2.24) is 9.62 Å². The molecule has 0 radical (unpaired) electrons. The predicted molar refractivity (Wildman–Crippen MR) is 66.7 cm³/mol. The maximum atomic E-state index is 12.6. The number of nitrogens with one attached hydrogen (secondary N) is 1. The first-order valence-corrected chi connectivity index (χ1v) is 7.70. The van der Waals surface area contributed by atoms with Crippen LogP contribution in [-0.4, -0.2) is 55.1 Å². The Morgan fingerprint density at radius 2 is 1.84 bits per heavy atom. The number of ether oxygens (including phenoxy) is 1. The molecule has 0 spiro atoms. The molecule has 2 saturated heterocycles. The molecule has 0 aromatic heterocycles. The number of carbonyl (C=O) groups excluding carboxylic acids is 2. The van der Waals surface area contributed by atoms with Gasteiger partial charge in [0, 0.05) is 13.2 Å². The first-order chi connectivity index (χ1) is 8.76. The summed E-state index contributed by atoms with van der Waals surface area (Å²) >= 11 is 0. The highest BCUT2D eigenvalue weighted by molar-refractivity contribution is 7.89. The van der Waals surface area contributed by atoms with Crippen LogP contribution >= 0.6 is 0 Å². The van der Waals surface area contributed by atoms with E-state index in [9.17, 15) is 18.0 Å². The number of hydrogen-bond acceptors (Lipinski definition) is 5. The van der Waals surface area contributed by atoms with E-state index in [-0.39, 0.29) is 6.54 Å². The van der Waals surface area contributed by atoms with Crippen LogP contribution in [0.25, 0.3) is 0 Å². The molecule has 0 unspecified atom stereocenters. The van der Waals surface area contributed by atoms with Gasteiger partial charge >= 0.3 is 0 Å². The van der Waals surface area contributed by atoms with Crippen LogP contribution in [0, 0.1) is 0 Å². The maximum Gasteiger partial charge on any atom is 0.247 e. The Morgan fingerprint density at radius 3 is 2.42 bits per heavy atom. The molecule has 108 valence electrons. The van der Waals surface area contributed by atoms with Crippen molar-refractivity contribution in [3.63, 3.8) is 0 Å². The number of piperazine rings is 1. The Labute approximate surface area is 112 Å². The first-order valence-electron chi connectivity index (χ1n) is 6.20. The van der Waals surface area contributed by atoms with E-state index in [2.05, 4.69) is 5.32 Å². The molecular formula is C11H18N2O5S. The molecule has 7 nitrogen and oxygen atoms in total. The van der Waals surface area contributed by atoms with E-state index in [1.54, 1.807) is 0 Å². The smallest absolute Gasteiger partial charge is 0.247 e. The van der Waals surface area contributed by atoms with Gasteiger partial charge in [0.2, 0.25) is 21.8 Å². The molecule has 2 aliphatic heterocycles. The molecule has 1 N–H and O–H groups in total. The lowest BCUT2D eigenvalue weighted by molar-refractivity contribution is -0.141. The summed E-state index contributed by atoms with van der Waals surface area (Å²) in [6.45, 7) is 3.48. The minimum atomic E-state index is -3.69. The van der Waals surface area contributed by atoms with E-state index < -0.39 is 32.6 Å². The Kier molecular flexibility index (Phi) is 3.67. The third-order valence-corrected chi connectivity index (χ3v) is 6.13. The third kappa shape index (κ3) is 2.52. The minimum Gasteiger partial charge on any atom is -0.381 e. The molecule has 0 aromatic carbocycles. The molecule has 2 rings (SSSR count). The number of amides is 2. The lowest BCUT2D eigenvalue weighted by Gasteiger charge is -2.41. The number of hydrogen-bond donors (Lipinski definition) is 1. The minimum absolute atomic E-state index is 0.307. The molecule has 0 aromatic rings. The van der Waals surface area contributed by atoms with Crippen LogP contribution in [-0.2, 0) is 24.3 Å². The Bertz CT molecular complexity index is 493. The first kappa shape index (κ1) is 14.4. The number of rotatable bonds is 2. The number of nitrogens with zero attached hydrogens (tertiary/aromatic N) is 1. The monoisotopic (exact) mass is 290 g/mol. The molecule has 0 atom stereocenters. The fourth-order valence-corrected chi connectivity index (χ4v) is 4.49. The fourth-order valence-electron chi connectivity index (χ4n) is 2.32. The van der Waals surface area contributed by atoms with Gasteiger partial charge in [-0.2, -0.15) is 4.31 Å². The molecule has 2 heterocycles. The second kappa shape index (κ2) is 4.84. The second-order valence-corrected chi connectivity index (χ2v) is 7.44. The van der Waals surface area contributed by atoms with Gasteiger partial charge in [-0.3, -0.25) is 14.9 Å². The van der Waals surface area contributed by atoms with E-state index in [4.69, 9.17) is 4.74 Å². The van der Waals surface area contributed by atoms with Gasteiger partial charge in [0.1, 0.15) is 5.54 Å². The summed E-state index contributed by atoms with van der Waals surface area (Å²) in [7, 11) is -3.69. The Balaban J connectivity index is 2.31. The van der Waals surface area contributed by atoms with E-state index in [1.807, 2.05) is 0 Å². The number of carbonyl (C=O) groups is 2. The van der Waals surface area contributed by atoms with Crippen LogP contribution in [0.4, 0.5) is 0 Å². The van der Waals surface area contributed by atoms with Gasteiger partial charge in [-0.25, -0.2) is 8.42 Å². The fraction of sp³-hybridized carbons (Fsp3) is 0.818. The molecule has 0 saturated carbocycles. The van der Waals surface area contributed by atoms with Crippen molar-refractivity contribution in [2.45, 2.75) is 37.5 Å². The quantitative estimate of drug-likeness (QED) is 0.674. The zero-order chi connectivity index (χ0) is 14.3. The summed E-state index contributed by atoms with van der Waals surface area (Å²) < 4.78 is 31.3. The van der Waals surface area contributed by atoms with Crippen molar-refractivity contribution < 1.29 is 22.7 Å². The molecular weight excluding hydrogens is 272 g/mol. The number of imide groups is 1. The zero-order valence-corrected chi connectivity index (χ0v) is 11.8. The Morgan fingerprint density at radius 1 is 1.26 bits per heavy atom. The lowest BCUT2D eigenvalue weighted by atomic mass is 10.0. The van der Waals surface area contributed by atoms with Gasteiger partial charge in [0.25, 0.3) is 0 Å². The van der Waals surface area contributed by atoms with Crippen LogP contribution in [0.15, 0.2) is 0 Å². The largest absolute Gasteiger partial charge is 0.381 e. The summed E-state index contributed by atoms with van der Waals surface area (Å²) in [5.74, 6) is -1.17. The average molecular weight is 290 g/mol. The van der Waals surface area contributed by atoms with E-state index >= 15 is 0 Å². The SMILES string of the molecule is CC1(C)C(=O)NC(=O)CN1S(=O)(=O)C1CCOCC1. The van der Waals surface area contributed by atoms with Gasteiger partial charge in [0.05, 0.1) is 11.8 Å². The molecule has 2 fully saturated rings. The second-order valence-electron chi connectivity index (χ2n) is 5.30. The van der Waals surface area contributed by atoms with Crippen LogP contribution in [0.1, 0.15) is 26.7 Å². The van der Waals surface area contributed by atoms with Gasteiger partial charge < -0.3 is 4.74 Å². The summed E-state index contributed by atoms with van der Waals surface area (Å²) in [5, 5.41) is 1.58. The lowest BCUT2D eigenvalue weighted by Crippen LogP contribution is -2.66. The van der Waals surface area contributed by atoms with Gasteiger partial charge in [-0.05, 0) is 26.7 Å². The number of sulfonamides is 1. The normalized spacial score (nSPS) is 26.2. The van der Waals surface area contributed by atoms with Crippen LogP contribution < -0.4 is 5.32 Å². The van der Waals surface area contributed by atoms with Crippen molar-refractivity contribution in [3.05, 3.63) is 0 Å². The van der Waals surface area contributed by atoms with Gasteiger partial charge in [-0.1, -0.05) is 0 Å². The summed E-state index contributed by atoms with van der Waals surface area (Å²) in [6, 6.07) is 0. The standard InChI is InChI=1S/C11H18N2O5S/c1-11(2)10(15)12-9(14)7-13(11)19(16,17)8-3-5-18-6-4-8/h8H,3-7H2,1-2H3,(H,12,14,15). The van der Waals surface area contributed by atoms with E-state index in [0.717, 1.165) is 4.31 Å². The van der Waals surface area contributed by atoms with E-state index in [1.165, 1.54) is 13.8 Å². The van der Waals surface area contributed by atoms with Crippen LogP contribution in [0.5, 0.6) is 0 Å². The van der Waals surface area contributed by atoms with Crippen molar-refractivity contribution in [3.8, 4) is 0 Å².